The van der Waals surface area contributed by atoms with E-state index in [-0.39, 0.29) is 18.2 Å². The first kappa shape index (κ1) is 14.0. The Bertz CT molecular complexity index is 376. The van der Waals surface area contributed by atoms with Crippen LogP contribution in [0.2, 0.25) is 0 Å². The minimum atomic E-state index is 0. The number of benzene rings is 1. The Morgan fingerprint density at radius 2 is 1.94 bits per heavy atom. The van der Waals surface area contributed by atoms with Crippen LogP contribution in [0, 0.1) is 0 Å². The van der Waals surface area contributed by atoms with Crippen LogP contribution in [0.3, 0.4) is 0 Å². The molecule has 0 spiro atoms. The summed E-state index contributed by atoms with van der Waals surface area (Å²) >= 11 is 0. The fraction of sp³-hybridized carbons (Fsp3) is 0.462. The molecule has 1 aromatic rings. The highest BCUT2D eigenvalue weighted by molar-refractivity contribution is 5.85. The molecule has 0 atom stereocenters. The number of phenols is 1. The van der Waals surface area contributed by atoms with E-state index in [0.717, 1.165) is 31.5 Å². The zero-order valence-corrected chi connectivity index (χ0v) is 10.6. The van der Waals surface area contributed by atoms with E-state index in [0.29, 0.717) is 5.56 Å². The molecule has 1 saturated heterocycles. The lowest BCUT2D eigenvalue weighted by atomic mass is 10.1. The molecular weight excluding hydrogens is 238 g/mol. The lowest BCUT2D eigenvalue weighted by Crippen LogP contribution is -2.29. The summed E-state index contributed by atoms with van der Waals surface area (Å²) in [6.07, 6.45) is 4.58. The molecule has 94 valence electrons. The second-order valence-corrected chi connectivity index (χ2v) is 4.34. The molecule has 0 unspecified atom stereocenters. The Morgan fingerprint density at radius 3 is 2.59 bits per heavy atom. The average Bonchev–Trinajstić information content (AvgIpc) is 2.33. The van der Waals surface area contributed by atoms with E-state index in [9.17, 15) is 9.90 Å². The zero-order valence-electron chi connectivity index (χ0n) is 9.76. The largest absolute Gasteiger partial charge is 0.508 e. The highest BCUT2D eigenvalue weighted by atomic mass is 35.5. The van der Waals surface area contributed by atoms with E-state index < -0.39 is 0 Å². The van der Waals surface area contributed by atoms with Crippen molar-refractivity contribution in [2.75, 3.05) is 13.1 Å². The number of hydrogen-bond acceptors (Lipinski definition) is 3. The first-order valence-electron chi connectivity index (χ1n) is 5.79. The number of halogens is 1. The summed E-state index contributed by atoms with van der Waals surface area (Å²) in [6, 6.07) is 5.02. The van der Waals surface area contributed by atoms with Crippen molar-refractivity contribution >= 4 is 18.7 Å². The van der Waals surface area contributed by atoms with Gasteiger partial charge in [-0.05, 0) is 44.1 Å². The molecule has 1 N–H and O–H groups in total. The summed E-state index contributed by atoms with van der Waals surface area (Å²) < 4.78 is 0. The lowest BCUT2D eigenvalue weighted by Gasteiger charge is -2.26. The second kappa shape index (κ2) is 6.62. The van der Waals surface area contributed by atoms with E-state index in [2.05, 4.69) is 4.90 Å². The summed E-state index contributed by atoms with van der Waals surface area (Å²) in [5.41, 5.74) is 1.48. The van der Waals surface area contributed by atoms with Gasteiger partial charge in [0.25, 0.3) is 0 Å². The predicted octanol–water partition coefficient (Wildman–Crippen LogP) is 2.61. The van der Waals surface area contributed by atoms with Gasteiger partial charge < -0.3 is 5.11 Å². The molecule has 1 aromatic carbocycles. The van der Waals surface area contributed by atoms with Gasteiger partial charge in [0, 0.05) is 17.7 Å². The van der Waals surface area contributed by atoms with Crippen LogP contribution in [-0.4, -0.2) is 29.4 Å². The van der Waals surface area contributed by atoms with Gasteiger partial charge in [-0.15, -0.1) is 12.4 Å². The van der Waals surface area contributed by atoms with E-state index in [1.807, 2.05) is 0 Å². The van der Waals surface area contributed by atoms with Crippen molar-refractivity contribution in [3.05, 3.63) is 29.3 Å². The van der Waals surface area contributed by atoms with Crippen molar-refractivity contribution < 1.29 is 9.90 Å². The monoisotopic (exact) mass is 255 g/mol. The lowest BCUT2D eigenvalue weighted by molar-refractivity contribution is 0.112. The van der Waals surface area contributed by atoms with Gasteiger partial charge in [0.1, 0.15) is 12.0 Å². The van der Waals surface area contributed by atoms with E-state index in [1.54, 1.807) is 18.2 Å². The van der Waals surface area contributed by atoms with Gasteiger partial charge >= 0.3 is 0 Å². The molecule has 1 heterocycles. The van der Waals surface area contributed by atoms with Crippen LogP contribution in [0.15, 0.2) is 18.2 Å². The quantitative estimate of drug-likeness (QED) is 0.844. The summed E-state index contributed by atoms with van der Waals surface area (Å²) in [4.78, 5) is 13.0. The molecule has 0 amide bonds. The second-order valence-electron chi connectivity index (χ2n) is 4.34. The SMILES string of the molecule is Cl.O=Cc1ccc(O)c(CN2CCCCC2)c1. The molecule has 0 saturated carbocycles. The highest BCUT2D eigenvalue weighted by Gasteiger charge is 2.12. The molecule has 1 fully saturated rings. The summed E-state index contributed by atoms with van der Waals surface area (Å²) in [5.74, 6) is 0.288. The van der Waals surface area contributed by atoms with E-state index >= 15 is 0 Å². The van der Waals surface area contributed by atoms with Crippen LogP contribution in [-0.2, 0) is 6.54 Å². The third-order valence-corrected chi connectivity index (χ3v) is 3.08. The molecule has 4 heteroatoms. The Kier molecular flexibility index (Phi) is 5.45. The van der Waals surface area contributed by atoms with Gasteiger partial charge in [0.2, 0.25) is 0 Å². The first-order valence-corrected chi connectivity index (χ1v) is 5.79. The number of hydrogen-bond donors (Lipinski definition) is 1. The minimum Gasteiger partial charge on any atom is -0.508 e. The molecule has 2 rings (SSSR count). The number of rotatable bonds is 3. The Balaban J connectivity index is 0.00000144. The maximum atomic E-state index is 10.7. The Labute approximate surface area is 108 Å². The fourth-order valence-electron chi connectivity index (χ4n) is 2.16. The number of likely N-dealkylation sites (tertiary alicyclic amines) is 1. The van der Waals surface area contributed by atoms with Gasteiger partial charge in [0.15, 0.2) is 0 Å². The van der Waals surface area contributed by atoms with Gasteiger partial charge in [-0.2, -0.15) is 0 Å². The first-order chi connectivity index (χ1) is 7.79. The minimum absolute atomic E-state index is 0. The number of piperidine rings is 1. The summed E-state index contributed by atoms with van der Waals surface area (Å²) in [5, 5.41) is 9.72. The molecule has 17 heavy (non-hydrogen) atoms. The summed E-state index contributed by atoms with van der Waals surface area (Å²) in [7, 11) is 0. The molecule has 0 aliphatic carbocycles. The smallest absolute Gasteiger partial charge is 0.150 e. The standard InChI is InChI=1S/C13H17NO2.ClH/c15-10-11-4-5-13(16)12(8-11)9-14-6-2-1-3-7-14;/h4-5,8,10,16H,1-3,6-7,9H2;1H. The molecule has 1 aliphatic rings. The number of phenolic OH excluding ortho intramolecular Hbond substituents is 1. The molecule has 0 radical (unpaired) electrons. The summed E-state index contributed by atoms with van der Waals surface area (Å²) in [6.45, 7) is 2.92. The van der Waals surface area contributed by atoms with Gasteiger partial charge in [-0.1, -0.05) is 6.42 Å². The number of aromatic hydroxyl groups is 1. The van der Waals surface area contributed by atoms with Crippen LogP contribution in [0.4, 0.5) is 0 Å². The van der Waals surface area contributed by atoms with E-state index in [1.165, 1.54) is 19.3 Å². The topological polar surface area (TPSA) is 40.5 Å². The van der Waals surface area contributed by atoms with Crippen LogP contribution in [0.25, 0.3) is 0 Å². The van der Waals surface area contributed by atoms with Crippen LogP contribution >= 0.6 is 12.4 Å². The van der Waals surface area contributed by atoms with Crippen LogP contribution in [0.5, 0.6) is 5.75 Å². The maximum Gasteiger partial charge on any atom is 0.150 e. The van der Waals surface area contributed by atoms with Crippen LogP contribution < -0.4 is 0 Å². The van der Waals surface area contributed by atoms with Crippen molar-refractivity contribution in [3.63, 3.8) is 0 Å². The Hall–Kier alpha value is -1.06. The molecular formula is C13H18ClNO2. The number of nitrogens with zero attached hydrogens (tertiary/aromatic N) is 1. The maximum absolute atomic E-state index is 10.7. The fourth-order valence-corrected chi connectivity index (χ4v) is 2.16. The van der Waals surface area contributed by atoms with Crippen molar-refractivity contribution in [1.82, 2.24) is 4.90 Å². The van der Waals surface area contributed by atoms with Crippen molar-refractivity contribution in [1.29, 1.82) is 0 Å². The average molecular weight is 256 g/mol. The third kappa shape index (κ3) is 3.72. The van der Waals surface area contributed by atoms with Crippen LogP contribution in [0.1, 0.15) is 35.2 Å². The number of aldehydes is 1. The molecule has 0 aromatic heterocycles. The van der Waals surface area contributed by atoms with Crippen molar-refractivity contribution in [3.8, 4) is 5.75 Å². The predicted molar refractivity (Wildman–Crippen MR) is 69.9 cm³/mol. The third-order valence-electron chi connectivity index (χ3n) is 3.08. The molecule has 1 aliphatic heterocycles. The van der Waals surface area contributed by atoms with Crippen molar-refractivity contribution in [2.24, 2.45) is 0 Å². The number of carbonyl (C=O) groups excluding carboxylic acids is 1. The van der Waals surface area contributed by atoms with E-state index in [4.69, 9.17) is 0 Å². The van der Waals surface area contributed by atoms with Gasteiger partial charge in [-0.3, -0.25) is 9.69 Å². The zero-order chi connectivity index (χ0) is 11.4. The molecule has 0 bridgehead atoms. The molecule has 3 nitrogen and oxygen atoms in total. The number of carbonyl (C=O) groups is 1. The normalized spacial score (nSPS) is 16.2. The highest BCUT2D eigenvalue weighted by Crippen LogP contribution is 2.21. The van der Waals surface area contributed by atoms with Gasteiger partial charge in [0.05, 0.1) is 0 Å². The van der Waals surface area contributed by atoms with Gasteiger partial charge in [-0.25, -0.2) is 0 Å². The van der Waals surface area contributed by atoms with Crippen molar-refractivity contribution in [2.45, 2.75) is 25.8 Å². The Morgan fingerprint density at radius 1 is 1.24 bits per heavy atom.